The highest BCUT2D eigenvalue weighted by molar-refractivity contribution is 5.75. The average Bonchev–Trinajstić information content (AvgIpc) is 2.54. The summed E-state index contributed by atoms with van der Waals surface area (Å²) < 4.78 is 38.2. The van der Waals surface area contributed by atoms with E-state index in [4.69, 9.17) is 5.11 Å². The minimum absolute atomic E-state index is 0.453. The van der Waals surface area contributed by atoms with Crippen LogP contribution in [0.2, 0.25) is 0 Å². The van der Waals surface area contributed by atoms with Gasteiger partial charge in [0.05, 0.1) is 17.6 Å². The van der Waals surface area contributed by atoms with Crippen molar-refractivity contribution in [2.24, 2.45) is 0 Å². The number of fused-ring (bicyclic) bond motifs is 1. The van der Waals surface area contributed by atoms with Crippen molar-refractivity contribution in [1.82, 2.24) is 9.55 Å². The largest absolute Gasteiger partial charge is 0.416 e. The van der Waals surface area contributed by atoms with Crippen molar-refractivity contribution >= 4 is 11.0 Å². The van der Waals surface area contributed by atoms with E-state index in [1.165, 1.54) is 4.57 Å². The number of rotatable bonds is 2. The molecule has 0 saturated heterocycles. The number of benzene rings is 1. The highest BCUT2D eigenvalue weighted by Gasteiger charge is 2.38. The Labute approximate surface area is 95.5 Å². The Kier molecular flexibility index (Phi) is 2.82. The van der Waals surface area contributed by atoms with Gasteiger partial charge in [0.15, 0.2) is 6.10 Å². The number of aryl methyl sites for hydroxylation is 1. The SMILES string of the molecule is Cc1nc2ccccc2n1C[C@H](O)C(F)(F)F. The number of hydrogen-bond acceptors (Lipinski definition) is 2. The van der Waals surface area contributed by atoms with Crippen molar-refractivity contribution in [1.29, 1.82) is 0 Å². The molecule has 1 aromatic carbocycles. The Morgan fingerprint density at radius 3 is 2.65 bits per heavy atom. The Balaban J connectivity index is 2.39. The molecule has 1 N–H and O–H groups in total. The number of aliphatic hydroxyl groups excluding tert-OH is 1. The number of imidazole rings is 1. The van der Waals surface area contributed by atoms with Crippen molar-refractivity contribution in [3.63, 3.8) is 0 Å². The molecule has 0 spiro atoms. The van der Waals surface area contributed by atoms with E-state index in [1.54, 1.807) is 31.2 Å². The molecule has 17 heavy (non-hydrogen) atoms. The molecule has 1 heterocycles. The number of aromatic nitrogens is 2. The highest BCUT2D eigenvalue weighted by atomic mass is 19.4. The van der Waals surface area contributed by atoms with Gasteiger partial charge < -0.3 is 9.67 Å². The molecule has 0 saturated carbocycles. The van der Waals surface area contributed by atoms with Gasteiger partial charge in [0.2, 0.25) is 0 Å². The first-order valence-electron chi connectivity index (χ1n) is 5.06. The fraction of sp³-hybridized carbons (Fsp3) is 0.364. The summed E-state index contributed by atoms with van der Waals surface area (Å²) in [5.74, 6) is 0.453. The van der Waals surface area contributed by atoms with Gasteiger partial charge in [0.25, 0.3) is 0 Å². The van der Waals surface area contributed by atoms with Crippen LogP contribution in [0.1, 0.15) is 5.82 Å². The van der Waals surface area contributed by atoms with Crippen LogP contribution in [0.15, 0.2) is 24.3 Å². The second-order valence-corrected chi connectivity index (χ2v) is 3.82. The molecule has 92 valence electrons. The molecule has 0 radical (unpaired) electrons. The zero-order chi connectivity index (χ0) is 12.6. The lowest BCUT2D eigenvalue weighted by molar-refractivity contribution is -0.207. The van der Waals surface area contributed by atoms with Crippen LogP contribution in [-0.2, 0) is 6.54 Å². The number of para-hydroxylation sites is 2. The molecule has 1 aromatic heterocycles. The smallest absolute Gasteiger partial charge is 0.382 e. The van der Waals surface area contributed by atoms with E-state index in [2.05, 4.69) is 4.98 Å². The summed E-state index contributed by atoms with van der Waals surface area (Å²) in [7, 11) is 0. The van der Waals surface area contributed by atoms with Crippen molar-refractivity contribution in [2.45, 2.75) is 25.7 Å². The quantitative estimate of drug-likeness (QED) is 0.880. The molecule has 0 fully saturated rings. The van der Waals surface area contributed by atoms with Crippen molar-refractivity contribution < 1.29 is 18.3 Å². The van der Waals surface area contributed by atoms with Gasteiger partial charge in [0.1, 0.15) is 5.82 Å². The maximum atomic E-state index is 12.3. The van der Waals surface area contributed by atoms with E-state index in [0.717, 1.165) is 0 Å². The monoisotopic (exact) mass is 244 g/mol. The van der Waals surface area contributed by atoms with Gasteiger partial charge in [-0.1, -0.05) is 12.1 Å². The van der Waals surface area contributed by atoms with Crippen molar-refractivity contribution in [3.05, 3.63) is 30.1 Å². The van der Waals surface area contributed by atoms with Crippen LogP contribution < -0.4 is 0 Å². The molecule has 0 bridgehead atoms. The zero-order valence-corrected chi connectivity index (χ0v) is 9.07. The van der Waals surface area contributed by atoms with Crippen LogP contribution in [0, 0.1) is 6.92 Å². The second kappa shape index (κ2) is 4.03. The van der Waals surface area contributed by atoms with E-state index in [0.29, 0.717) is 16.9 Å². The minimum Gasteiger partial charge on any atom is -0.382 e. The molecule has 1 atom stereocenters. The van der Waals surface area contributed by atoms with Crippen LogP contribution in [0.25, 0.3) is 11.0 Å². The number of alkyl halides is 3. The molecule has 0 aliphatic rings. The predicted octanol–water partition coefficient (Wildman–Crippen LogP) is 2.27. The summed E-state index contributed by atoms with van der Waals surface area (Å²) in [5.41, 5.74) is 1.22. The third-order valence-corrected chi connectivity index (χ3v) is 2.58. The number of hydrogen-bond donors (Lipinski definition) is 1. The fourth-order valence-corrected chi connectivity index (χ4v) is 1.70. The lowest BCUT2D eigenvalue weighted by Gasteiger charge is -2.16. The van der Waals surface area contributed by atoms with Crippen LogP contribution in [0.4, 0.5) is 13.2 Å². The van der Waals surface area contributed by atoms with Crippen molar-refractivity contribution in [3.8, 4) is 0 Å². The minimum atomic E-state index is -4.61. The number of nitrogens with zero attached hydrogens (tertiary/aromatic N) is 2. The first kappa shape index (κ1) is 11.9. The third kappa shape index (κ3) is 2.26. The van der Waals surface area contributed by atoms with E-state index < -0.39 is 18.8 Å². The lowest BCUT2D eigenvalue weighted by atomic mass is 10.3. The normalized spacial score (nSPS) is 14.2. The molecule has 0 unspecified atom stereocenters. The molecule has 0 aliphatic heterocycles. The van der Waals surface area contributed by atoms with Gasteiger partial charge in [-0.2, -0.15) is 13.2 Å². The van der Waals surface area contributed by atoms with E-state index >= 15 is 0 Å². The maximum Gasteiger partial charge on any atom is 0.416 e. The highest BCUT2D eigenvalue weighted by Crippen LogP contribution is 2.23. The number of halogens is 3. The summed E-state index contributed by atoms with van der Waals surface area (Å²) >= 11 is 0. The first-order valence-corrected chi connectivity index (χ1v) is 5.06. The molecular weight excluding hydrogens is 233 g/mol. The Morgan fingerprint density at radius 1 is 1.35 bits per heavy atom. The predicted molar refractivity (Wildman–Crippen MR) is 56.5 cm³/mol. The van der Waals surface area contributed by atoms with Crippen LogP contribution in [0.3, 0.4) is 0 Å². The molecule has 2 aromatic rings. The van der Waals surface area contributed by atoms with Gasteiger partial charge in [-0.25, -0.2) is 4.98 Å². The average molecular weight is 244 g/mol. The van der Waals surface area contributed by atoms with Gasteiger partial charge in [-0.15, -0.1) is 0 Å². The van der Waals surface area contributed by atoms with Gasteiger partial charge in [-0.3, -0.25) is 0 Å². The molecule has 0 amide bonds. The Morgan fingerprint density at radius 2 is 2.00 bits per heavy atom. The second-order valence-electron chi connectivity index (χ2n) is 3.82. The summed E-state index contributed by atoms with van der Waals surface area (Å²) in [6.07, 6.45) is -6.99. The summed E-state index contributed by atoms with van der Waals surface area (Å²) in [6.45, 7) is 1.08. The summed E-state index contributed by atoms with van der Waals surface area (Å²) in [5, 5.41) is 9.07. The summed E-state index contributed by atoms with van der Waals surface area (Å²) in [4.78, 5) is 4.13. The zero-order valence-electron chi connectivity index (χ0n) is 9.07. The first-order chi connectivity index (χ1) is 7.89. The van der Waals surface area contributed by atoms with Crippen molar-refractivity contribution in [2.75, 3.05) is 0 Å². The van der Waals surface area contributed by atoms with Gasteiger partial charge in [-0.05, 0) is 19.1 Å². The molecular formula is C11H11F3N2O. The molecule has 0 aliphatic carbocycles. The Hall–Kier alpha value is -1.56. The van der Waals surface area contributed by atoms with Crippen LogP contribution >= 0.6 is 0 Å². The molecule has 2 rings (SSSR count). The van der Waals surface area contributed by atoms with Crippen LogP contribution in [0.5, 0.6) is 0 Å². The van der Waals surface area contributed by atoms with Gasteiger partial charge >= 0.3 is 6.18 Å². The lowest BCUT2D eigenvalue weighted by Crippen LogP contribution is -2.33. The third-order valence-electron chi connectivity index (χ3n) is 2.58. The Bertz CT molecular complexity index is 533. The van der Waals surface area contributed by atoms with Crippen LogP contribution in [-0.4, -0.2) is 26.9 Å². The summed E-state index contributed by atoms with van der Waals surface area (Å²) in [6, 6.07) is 6.89. The fourth-order valence-electron chi connectivity index (χ4n) is 1.70. The maximum absolute atomic E-state index is 12.3. The topological polar surface area (TPSA) is 38.0 Å². The van der Waals surface area contributed by atoms with E-state index in [1.807, 2.05) is 0 Å². The van der Waals surface area contributed by atoms with E-state index in [9.17, 15) is 13.2 Å². The standard InChI is InChI=1S/C11H11F3N2O/c1-7-15-8-4-2-3-5-9(8)16(7)6-10(17)11(12,13)14/h2-5,10,17H,6H2,1H3/t10-/m0/s1. The molecule has 6 heteroatoms. The van der Waals surface area contributed by atoms with E-state index in [-0.39, 0.29) is 0 Å². The number of aliphatic hydroxyl groups is 1. The van der Waals surface area contributed by atoms with Gasteiger partial charge in [0, 0.05) is 0 Å². The molecule has 3 nitrogen and oxygen atoms in total.